The van der Waals surface area contributed by atoms with Crippen LogP contribution in [0.15, 0.2) is 78.6 Å². The zero-order valence-corrected chi connectivity index (χ0v) is 19.3. The summed E-state index contributed by atoms with van der Waals surface area (Å²) >= 11 is 6.40. The molecule has 0 saturated carbocycles. The number of para-hydroxylation sites is 1. The summed E-state index contributed by atoms with van der Waals surface area (Å²) in [7, 11) is 3.32. The summed E-state index contributed by atoms with van der Waals surface area (Å²) in [5.74, 6) is 2.90. The summed E-state index contributed by atoms with van der Waals surface area (Å²) in [6.45, 7) is 0. The quantitative estimate of drug-likeness (QED) is 0.422. The van der Waals surface area contributed by atoms with Crippen molar-refractivity contribution in [3.05, 3.63) is 100 Å². The van der Waals surface area contributed by atoms with Gasteiger partial charge in [0.2, 0.25) is 5.95 Å². The zero-order valence-electron chi connectivity index (χ0n) is 18.5. The number of nitrogens with one attached hydrogen (secondary N) is 1. The minimum atomic E-state index is -0.434. The van der Waals surface area contributed by atoms with Gasteiger partial charge < -0.3 is 19.5 Å². The number of rotatable bonds is 4. The summed E-state index contributed by atoms with van der Waals surface area (Å²) in [6, 6.07) is 21.2. The van der Waals surface area contributed by atoms with E-state index in [-0.39, 0.29) is 6.04 Å². The Bertz CT molecular complexity index is 1410. The average Bonchev–Trinajstić information content (AvgIpc) is 3.35. The Balaban J connectivity index is 1.63. The van der Waals surface area contributed by atoms with Gasteiger partial charge in [-0.1, -0.05) is 41.9 Å². The summed E-state index contributed by atoms with van der Waals surface area (Å²) in [5.41, 5.74) is 4.71. The second-order valence-corrected chi connectivity index (χ2v) is 8.48. The first kappa shape index (κ1) is 20.6. The van der Waals surface area contributed by atoms with E-state index >= 15 is 0 Å². The number of benzene rings is 3. The first-order valence-electron chi connectivity index (χ1n) is 10.8. The van der Waals surface area contributed by atoms with Crippen LogP contribution in [0.3, 0.4) is 0 Å². The smallest absolute Gasteiger partial charge is 0.226 e. The molecule has 170 valence electrons. The standard InChI is InChI=1S/C26H21ClN4O3/c1-32-17-10-7-15(8-11-17)24-22-23(30-26-28-14-29-31(24)26)19-13-16(27)9-12-21(19)34-25(22)18-5-3-4-6-20(18)33-2/h3-14,24-25H,1-2H3,(H,28,29,30)/t24-,25+/m0/s1. The van der Waals surface area contributed by atoms with Crippen LogP contribution in [0.4, 0.5) is 5.95 Å². The summed E-state index contributed by atoms with van der Waals surface area (Å²) in [4.78, 5) is 4.47. The predicted molar refractivity (Wildman–Crippen MR) is 130 cm³/mol. The van der Waals surface area contributed by atoms with Crippen LogP contribution < -0.4 is 19.5 Å². The van der Waals surface area contributed by atoms with Crippen molar-refractivity contribution >= 4 is 23.2 Å². The highest BCUT2D eigenvalue weighted by molar-refractivity contribution is 6.30. The maximum absolute atomic E-state index is 6.65. The second kappa shape index (κ2) is 8.11. The number of hydrogen-bond acceptors (Lipinski definition) is 6. The molecule has 0 fully saturated rings. The molecule has 0 spiro atoms. The molecule has 0 saturated heterocycles. The van der Waals surface area contributed by atoms with Crippen molar-refractivity contribution in [1.29, 1.82) is 0 Å². The first-order valence-corrected chi connectivity index (χ1v) is 11.2. The molecule has 0 aliphatic carbocycles. The Kier molecular flexibility index (Phi) is 4.92. The highest BCUT2D eigenvalue weighted by Crippen LogP contribution is 2.52. The minimum absolute atomic E-state index is 0.276. The van der Waals surface area contributed by atoms with Gasteiger partial charge >= 0.3 is 0 Å². The molecule has 2 aliphatic rings. The fraction of sp³-hybridized carbons (Fsp3) is 0.154. The molecule has 3 aromatic carbocycles. The molecule has 1 aromatic heterocycles. The third-order valence-electron chi connectivity index (χ3n) is 6.23. The fourth-order valence-electron chi connectivity index (χ4n) is 4.69. The molecule has 0 unspecified atom stereocenters. The number of anilines is 1. The second-order valence-electron chi connectivity index (χ2n) is 8.04. The summed E-state index contributed by atoms with van der Waals surface area (Å²) in [6.07, 6.45) is 1.12. The Morgan fingerprint density at radius 2 is 1.82 bits per heavy atom. The highest BCUT2D eigenvalue weighted by atomic mass is 35.5. The lowest BCUT2D eigenvalue weighted by molar-refractivity contribution is 0.217. The van der Waals surface area contributed by atoms with Crippen LogP contribution in [0.2, 0.25) is 5.02 Å². The number of halogens is 1. The van der Waals surface area contributed by atoms with Crippen LogP contribution in [-0.2, 0) is 0 Å². The summed E-state index contributed by atoms with van der Waals surface area (Å²) < 4.78 is 19.6. The molecule has 34 heavy (non-hydrogen) atoms. The van der Waals surface area contributed by atoms with E-state index in [9.17, 15) is 0 Å². The van der Waals surface area contributed by atoms with Gasteiger partial charge in [0.05, 0.1) is 19.9 Å². The van der Waals surface area contributed by atoms with Gasteiger partial charge in [-0.25, -0.2) is 4.68 Å². The van der Waals surface area contributed by atoms with Crippen molar-refractivity contribution in [2.24, 2.45) is 0 Å². The van der Waals surface area contributed by atoms with Crippen molar-refractivity contribution in [2.45, 2.75) is 12.1 Å². The Morgan fingerprint density at radius 3 is 2.62 bits per heavy atom. The van der Waals surface area contributed by atoms with Crippen LogP contribution in [0, 0.1) is 0 Å². The first-order chi connectivity index (χ1) is 16.7. The Morgan fingerprint density at radius 1 is 1.00 bits per heavy atom. The van der Waals surface area contributed by atoms with E-state index in [2.05, 4.69) is 15.4 Å². The molecule has 8 heteroatoms. The Hall–Kier alpha value is -3.97. The van der Waals surface area contributed by atoms with E-state index in [0.717, 1.165) is 45.2 Å². The number of methoxy groups -OCH3 is 2. The van der Waals surface area contributed by atoms with Crippen molar-refractivity contribution < 1.29 is 14.2 Å². The lowest BCUT2D eigenvalue weighted by Crippen LogP contribution is -2.32. The van der Waals surface area contributed by atoms with Gasteiger partial charge in [-0.3, -0.25) is 0 Å². The molecule has 0 amide bonds. The number of aromatic nitrogens is 3. The van der Waals surface area contributed by atoms with Crippen molar-refractivity contribution in [1.82, 2.24) is 14.8 Å². The maximum Gasteiger partial charge on any atom is 0.226 e. The van der Waals surface area contributed by atoms with E-state index in [1.165, 1.54) is 0 Å². The summed E-state index contributed by atoms with van der Waals surface area (Å²) in [5, 5.41) is 8.67. The third-order valence-corrected chi connectivity index (χ3v) is 6.46. The van der Waals surface area contributed by atoms with E-state index < -0.39 is 6.10 Å². The monoisotopic (exact) mass is 472 g/mol. The minimum Gasteiger partial charge on any atom is -0.497 e. The number of hydrogen-bond donors (Lipinski definition) is 1. The van der Waals surface area contributed by atoms with Crippen molar-refractivity contribution in [3.8, 4) is 17.2 Å². The van der Waals surface area contributed by atoms with Crippen LogP contribution in [0.5, 0.6) is 17.2 Å². The van der Waals surface area contributed by atoms with Crippen LogP contribution in [0.1, 0.15) is 28.8 Å². The van der Waals surface area contributed by atoms with Crippen LogP contribution in [-0.4, -0.2) is 29.0 Å². The molecule has 4 aromatic rings. The SMILES string of the molecule is COc1ccc([C@H]2C3=C(Nc4ncnn42)c2cc(Cl)ccc2O[C@@H]3c2ccccc2OC)cc1. The molecule has 2 atom stereocenters. The lowest BCUT2D eigenvalue weighted by Gasteiger charge is -2.39. The van der Waals surface area contributed by atoms with E-state index in [4.69, 9.17) is 25.8 Å². The normalized spacial score (nSPS) is 18.2. The van der Waals surface area contributed by atoms with Gasteiger partial charge in [0.25, 0.3) is 0 Å². The van der Waals surface area contributed by atoms with Gasteiger partial charge in [0.15, 0.2) is 6.10 Å². The molecular formula is C26H21ClN4O3. The molecule has 6 rings (SSSR count). The molecule has 3 heterocycles. The largest absolute Gasteiger partial charge is 0.497 e. The van der Waals surface area contributed by atoms with Crippen molar-refractivity contribution in [2.75, 3.05) is 19.5 Å². The highest BCUT2D eigenvalue weighted by Gasteiger charge is 2.41. The lowest BCUT2D eigenvalue weighted by atomic mass is 9.84. The van der Waals surface area contributed by atoms with Crippen molar-refractivity contribution in [3.63, 3.8) is 0 Å². The van der Waals surface area contributed by atoms with Gasteiger partial charge in [-0.2, -0.15) is 10.1 Å². The van der Waals surface area contributed by atoms with Gasteiger partial charge in [0.1, 0.15) is 29.6 Å². The van der Waals surface area contributed by atoms with E-state index in [1.54, 1.807) is 20.5 Å². The van der Waals surface area contributed by atoms with Crippen LogP contribution >= 0.6 is 11.6 Å². The third kappa shape index (κ3) is 3.20. The topological polar surface area (TPSA) is 70.4 Å². The number of ether oxygens (including phenoxy) is 3. The molecule has 2 aliphatic heterocycles. The number of nitrogens with zero attached hydrogens (tertiary/aromatic N) is 3. The number of fused-ring (bicyclic) bond motifs is 3. The molecule has 0 radical (unpaired) electrons. The zero-order chi connectivity index (χ0) is 23.2. The molecule has 1 N–H and O–H groups in total. The van der Waals surface area contributed by atoms with Gasteiger partial charge in [-0.05, 0) is 42.0 Å². The van der Waals surface area contributed by atoms with E-state index in [1.807, 2.05) is 71.4 Å². The maximum atomic E-state index is 6.65. The Labute approximate surface area is 201 Å². The predicted octanol–water partition coefficient (Wildman–Crippen LogP) is 5.51. The molecule has 0 bridgehead atoms. The average molecular weight is 473 g/mol. The van der Waals surface area contributed by atoms with Crippen LogP contribution in [0.25, 0.3) is 5.70 Å². The van der Waals surface area contributed by atoms with E-state index in [0.29, 0.717) is 11.0 Å². The van der Waals surface area contributed by atoms with Gasteiger partial charge in [0, 0.05) is 21.7 Å². The molecular weight excluding hydrogens is 452 g/mol. The molecule has 7 nitrogen and oxygen atoms in total. The fourth-order valence-corrected chi connectivity index (χ4v) is 4.86. The van der Waals surface area contributed by atoms with Gasteiger partial charge in [-0.15, -0.1) is 0 Å².